The average Bonchev–Trinajstić information content (AvgIpc) is 3.05. The van der Waals surface area contributed by atoms with Gasteiger partial charge in [-0.2, -0.15) is 0 Å². The summed E-state index contributed by atoms with van der Waals surface area (Å²) in [5, 5.41) is 3.97. The Morgan fingerprint density at radius 1 is 1.18 bits per heavy atom. The molecule has 1 N–H and O–H groups in total. The molecule has 0 fully saturated rings. The Balaban J connectivity index is 1.94. The molecule has 146 valence electrons. The SMILES string of the molecule is CCOc1c(/C(C)=C/C(=O)Nc2ccc(CC)cc2)cc2c(C)coc2c1C. The van der Waals surface area contributed by atoms with Crippen LogP contribution in [-0.4, -0.2) is 12.5 Å². The van der Waals surface area contributed by atoms with Gasteiger partial charge in [-0.3, -0.25) is 4.79 Å². The lowest BCUT2D eigenvalue weighted by Crippen LogP contribution is -2.09. The van der Waals surface area contributed by atoms with Gasteiger partial charge in [0, 0.05) is 28.3 Å². The molecule has 1 amide bonds. The number of allylic oxidation sites excluding steroid dienone is 1. The van der Waals surface area contributed by atoms with Crippen LogP contribution in [0, 0.1) is 13.8 Å². The van der Waals surface area contributed by atoms with Crippen molar-refractivity contribution in [1.29, 1.82) is 0 Å². The molecule has 0 aliphatic heterocycles. The Morgan fingerprint density at radius 3 is 2.54 bits per heavy atom. The maximum atomic E-state index is 12.5. The lowest BCUT2D eigenvalue weighted by Gasteiger charge is -2.14. The van der Waals surface area contributed by atoms with E-state index in [4.69, 9.17) is 9.15 Å². The van der Waals surface area contributed by atoms with Crippen LogP contribution in [0.15, 0.2) is 47.1 Å². The monoisotopic (exact) mass is 377 g/mol. The third-order valence-corrected chi connectivity index (χ3v) is 4.93. The Labute approximate surface area is 166 Å². The quantitative estimate of drug-likeness (QED) is 0.532. The van der Waals surface area contributed by atoms with Gasteiger partial charge in [-0.1, -0.05) is 19.1 Å². The predicted molar refractivity (Wildman–Crippen MR) is 115 cm³/mol. The van der Waals surface area contributed by atoms with E-state index in [1.54, 1.807) is 12.3 Å². The van der Waals surface area contributed by atoms with Gasteiger partial charge in [0.15, 0.2) is 0 Å². The number of amides is 1. The molecule has 1 aromatic heterocycles. The summed E-state index contributed by atoms with van der Waals surface area (Å²) in [7, 11) is 0. The topological polar surface area (TPSA) is 51.5 Å². The van der Waals surface area contributed by atoms with E-state index < -0.39 is 0 Å². The molecule has 3 aromatic rings. The Morgan fingerprint density at radius 2 is 1.89 bits per heavy atom. The van der Waals surface area contributed by atoms with Crippen LogP contribution in [0.2, 0.25) is 0 Å². The molecular formula is C24H27NO3. The summed E-state index contributed by atoms with van der Waals surface area (Å²) in [6.07, 6.45) is 4.35. The Bertz CT molecular complexity index is 1030. The Kier molecular flexibility index (Phi) is 5.88. The largest absolute Gasteiger partial charge is 0.493 e. The van der Waals surface area contributed by atoms with Crippen molar-refractivity contribution in [2.24, 2.45) is 0 Å². The van der Waals surface area contributed by atoms with Crippen LogP contribution >= 0.6 is 0 Å². The minimum absolute atomic E-state index is 0.161. The van der Waals surface area contributed by atoms with Crippen molar-refractivity contribution in [3.8, 4) is 5.75 Å². The number of hydrogen-bond donors (Lipinski definition) is 1. The summed E-state index contributed by atoms with van der Waals surface area (Å²) < 4.78 is 11.6. The number of fused-ring (bicyclic) bond motifs is 1. The normalized spacial score (nSPS) is 11.7. The van der Waals surface area contributed by atoms with Gasteiger partial charge in [0.25, 0.3) is 0 Å². The molecule has 1 heterocycles. The molecule has 0 unspecified atom stereocenters. The van der Waals surface area contributed by atoms with Crippen LogP contribution < -0.4 is 10.1 Å². The van der Waals surface area contributed by atoms with Gasteiger partial charge >= 0.3 is 0 Å². The highest BCUT2D eigenvalue weighted by Gasteiger charge is 2.17. The minimum Gasteiger partial charge on any atom is -0.493 e. The average molecular weight is 377 g/mol. The zero-order chi connectivity index (χ0) is 20.3. The molecule has 0 spiro atoms. The maximum absolute atomic E-state index is 12.5. The van der Waals surface area contributed by atoms with Crippen LogP contribution in [-0.2, 0) is 11.2 Å². The second-order valence-corrected chi connectivity index (χ2v) is 6.97. The molecule has 0 bridgehead atoms. The van der Waals surface area contributed by atoms with Crippen molar-refractivity contribution in [2.45, 2.75) is 41.0 Å². The van der Waals surface area contributed by atoms with Gasteiger partial charge in [-0.05, 0) is 69.0 Å². The maximum Gasteiger partial charge on any atom is 0.248 e. The smallest absolute Gasteiger partial charge is 0.248 e. The number of benzene rings is 2. The third kappa shape index (κ3) is 3.96. The molecule has 0 saturated heterocycles. The standard InChI is InChI=1S/C24H27NO3/c1-6-18-8-10-19(11-9-18)25-22(26)12-15(3)20-13-21-16(4)14-28-24(21)17(5)23(20)27-7-2/h8-14H,6-7H2,1-5H3,(H,25,26)/b15-12+. The molecule has 0 aliphatic carbocycles. The van der Waals surface area contributed by atoms with Gasteiger partial charge < -0.3 is 14.5 Å². The van der Waals surface area contributed by atoms with E-state index in [1.165, 1.54) is 5.56 Å². The highest BCUT2D eigenvalue weighted by Crippen LogP contribution is 2.37. The fourth-order valence-electron chi connectivity index (χ4n) is 3.34. The highest BCUT2D eigenvalue weighted by atomic mass is 16.5. The predicted octanol–water partition coefficient (Wildman–Crippen LogP) is 6.05. The van der Waals surface area contributed by atoms with E-state index >= 15 is 0 Å². The lowest BCUT2D eigenvalue weighted by atomic mass is 9.98. The second-order valence-electron chi connectivity index (χ2n) is 6.97. The molecule has 4 heteroatoms. The van der Waals surface area contributed by atoms with Gasteiger partial charge in [-0.15, -0.1) is 0 Å². The molecule has 0 aliphatic rings. The fourth-order valence-corrected chi connectivity index (χ4v) is 3.34. The fraction of sp³-hybridized carbons (Fsp3) is 0.292. The lowest BCUT2D eigenvalue weighted by molar-refractivity contribution is -0.111. The summed E-state index contributed by atoms with van der Waals surface area (Å²) in [6.45, 7) is 10.5. The van der Waals surface area contributed by atoms with Crippen LogP contribution in [0.25, 0.3) is 16.5 Å². The van der Waals surface area contributed by atoms with Crippen molar-refractivity contribution in [2.75, 3.05) is 11.9 Å². The molecule has 2 aromatic carbocycles. The number of ether oxygens (including phenoxy) is 1. The first kappa shape index (κ1) is 19.7. The number of rotatable bonds is 6. The third-order valence-electron chi connectivity index (χ3n) is 4.93. The van der Waals surface area contributed by atoms with Crippen molar-refractivity contribution in [3.63, 3.8) is 0 Å². The van der Waals surface area contributed by atoms with E-state index in [0.29, 0.717) is 6.61 Å². The molecular weight excluding hydrogens is 350 g/mol. The minimum atomic E-state index is -0.161. The molecule has 4 nitrogen and oxygen atoms in total. The summed E-state index contributed by atoms with van der Waals surface area (Å²) >= 11 is 0. The number of carbonyl (C=O) groups excluding carboxylic acids is 1. The summed E-state index contributed by atoms with van der Waals surface area (Å²) in [4.78, 5) is 12.5. The van der Waals surface area contributed by atoms with Gasteiger partial charge in [-0.25, -0.2) is 0 Å². The van der Waals surface area contributed by atoms with E-state index in [0.717, 1.165) is 51.1 Å². The molecule has 0 radical (unpaired) electrons. The molecule has 0 atom stereocenters. The van der Waals surface area contributed by atoms with Crippen LogP contribution in [0.1, 0.15) is 43.0 Å². The summed E-state index contributed by atoms with van der Waals surface area (Å²) in [6, 6.07) is 9.95. The molecule has 0 saturated carbocycles. The first-order valence-electron chi connectivity index (χ1n) is 9.67. The number of furan rings is 1. The zero-order valence-corrected chi connectivity index (χ0v) is 17.2. The van der Waals surface area contributed by atoms with Crippen molar-refractivity contribution >= 4 is 28.1 Å². The molecule has 28 heavy (non-hydrogen) atoms. The first-order chi connectivity index (χ1) is 13.4. The van der Waals surface area contributed by atoms with E-state index in [2.05, 4.69) is 12.2 Å². The first-order valence-corrected chi connectivity index (χ1v) is 9.67. The van der Waals surface area contributed by atoms with Crippen LogP contribution in [0.3, 0.4) is 0 Å². The second kappa shape index (κ2) is 8.34. The van der Waals surface area contributed by atoms with Crippen molar-refractivity contribution in [3.05, 3.63) is 64.9 Å². The number of hydrogen-bond acceptors (Lipinski definition) is 3. The van der Waals surface area contributed by atoms with Gasteiger partial charge in [0.05, 0.1) is 12.9 Å². The van der Waals surface area contributed by atoms with Crippen LogP contribution in [0.4, 0.5) is 5.69 Å². The van der Waals surface area contributed by atoms with Crippen LogP contribution in [0.5, 0.6) is 5.75 Å². The highest BCUT2D eigenvalue weighted by molar-refractivity contribution is 6.05. The summed E-state index contributed by atoms with van der Waals surface area (Å²) in [5.41, 5.74) is 6.63. The van der Waals surface area contributed by atoms with Gasteiger partial charge in [0.1, 0.15) is 11.3 Å². The van der Waals surface area contributed by atoms with E-state index in [-0.39, 0.29) is 5.91 Å². The van der Waals surface area contributed by atoms with E-state index in [1.807, 2.05) is 58.0 Å². The number of carbonyl (C=O) groups is 1. The van der Waals surface area contributed by atoms with Crippen molar-refractivity contribution in [1.82, 2.24) is 0 Å². The van der Waals surface area contributed by atoms with Crippen molar-refractivity contribution < 1.29 is 13.9 Å². The van der Waals surface area contributed by atoms with Gasteiger partial charge in [0.2, 0.25) is 5.91 Å². The molecule has 3 rings (SSSR count). The summed E-state index contributed by atoms with van der Waals surface area (Å²) in [5.74, 6) is 0.601. The number of nitrogens with one attached hydrogen (secondary N) is 1. The Hall–Kier alpha value is -3.01. The van der Waals surface area contributed by atoms with E-state index in [9.17, 15) is 4.79 Å². The zero-order valence-electron chi connectivity index (χ0n) is 17.2. The number of aryl methyl sites for hydroxylation is 3. The number of anilines is 1.